The van der Waals surface area contributed by atoms with Crippen LogP contribution in [0, 0.1) is 0 Å². The Hall–Kier alpha value is -1.18. The second kappa shape index (κ2) is 8.03. The van der Waals surface area contributed by atoms with E-state index in [-0.39, 0.29) is 12.3 Å². The summed E-state index contributed by atoms with van der Waals surface area (Å²) in [6.45, 7) is 2.03. The molecule has 2 atom stereocenters. The van der Waals surface area contributed by atoms with Crippen LogP contribution < -0.4 is 22.3 Å². The molecular formula is C9H20N4O3. The first-order valence-electron chi connectivity index (χ1n) is 5.17. The number of nitrogens with one attached hydrogen (secondary N) is 2. The van der Waals surface area contributed by atoms with Crippen molar-refractivity contribution in [2.75, 3.05) is 6.54 Å². The summed E-state index contributed by atoms with van der Waals surface area (Å²) in [5.41, 5.74) is 7.57. The molecule has 0 bridgehead atoms. The maximum absolute atomic E-state index is 11.3. The Kier molecular flexibility index (Phi) is 7.44. The average molecular weight is 232 g/mol. The molecule has 0 aromatic heterocycles. The van der Waals surface area contributed by atoms with Gasteiger partial charge in [0.25, 0.3) is 0 Å². The minimum absolute atomic E-state index is 0.0427. The molecule has 7 nitrogen and oxygen atoms in total. The lowest BCUT2D eigenvalue weighted by molar-refractivity contribution is -0.128. The predicted molar refractivity (Wildman–Crippen MR) is 58.8 cm³/mol. The van der Waals surface area contributed by atoms with E-state index in [0.717, 1.165) is 0 Å². The SMILES string of the molecule is C[C@@H](O)CC(=O)N[C@@H](CCCNN)C(N)=O. The van der Waals surface area contributed by atoms with Gasteiger partial charge in [0, 0.05) is 6.54 Å². The average Bonchev–Trinajstić information content (AvgIpc) is 2.15. The molecule has 0 spiro atoms. The molecule has 0 radical (unpaired) electrons. The number of aliphatic hydroxyl groups is 1. The van der Waals surface area contributed by atoms with E-state index in [0.29, 0.717) is 19.4 Å². The van der Waals surface area contributed by atoms with Gasteiger partial charge in [-0.1, -0.05) is 0 Å². The number of primary amides is 1. The maximum Gasteiger partial charge on any atom is 0.240 e. The number of carbonyl (C=O) groups is 2. The van der Waals surface area contributed by atoms with E-state index in [2.05, 4.69) is 10.7 Å². The van der Waals surface area contributed by atoms with Crippen molar-refractivity contribution in [3.05, 3.63) is 0 Å². The van der Waals surface area contributed by atoms with Crippen LogP contribution >= 0.6 is 0 Å². The summed E-state index contributed by atoms with van der Waals surface area (Å²) in [7, 11) is 0. The molecule has 2 amide bonds. The van der Waals surface area contributed by atoms with E-state index in [1.54, 1.807) is 0 Å². The first kappa shape index (κ1) is 14.8. The smallest absolute Gasteiger partial charge is 0.240 e. The molecule has 0 aliphatic carbocycles. The van der Waals surface area contributed by atoms with Crippen LogP contribution in [0.25, 0.3) is 0 Å². The fourth-order valence-corrected chi connectivity index (χ4v) is 1.22. The Labute approximate surface area is 94.5 Å². The molecule has 0 unspecified atom stereocenters. The van der Waals surface area contributed by atoms with Gasteiger partial charge in [-0.25, -0.2) is 0 Å². The Bertz CT molecular complexity index is 233. The van der Waals surface area contributed by atoms with Crippen LogP contribution in [0.2, 0.25) is 0 Å². The van der Waals surface area contributed by atoms with Gasteiger partial charge in [0.05, 0.1) is 12.5 Å². The monoisotopic (exact) mass is 232 g/mol. The van der Waals surface area contributed by atoms with Gasteiger partial charge in [0.1, 0.15) is 6.04 Å². The molecule has 0 saturated heterocycles. The van der Waals surface area contributed by atoms with Crippen LogP contribution in [0.4, 0.5) is 0 Å². The van der Waals surface area contributed by atoms with Crippen molar-refractivity contribution < 1.29 is 14.7 Å². The van der Waals surface area contributed by atoms with Gasteiger partial charge >= 0.3 is 0 Å². The molecule has 94 valence electrons. The summed E-state index contributed by atoms with van der Waals surface area (Å²) in [5, 5.41) is 11.4. The van der Waals surface area contributed by atoms with E-state index in [9.17, 15) is 9.59 Å². The number of rotatable bonds is 8. The Morgan fingerprint density at radius 1 is 1.44 bits per heavy atom. The van der Waals surface area contributed by atoms with Gasteiger partial charge in [-0.05, 0) is 19.8 Å². The van der Waals surface area contributed by atoms with Crippen molar-refractivity contribution in [1.29, 1.82) is 0 Å². The summed E-state index contributed by atoms with van der Waals surface area (Å²) < 4.78 is 0. The lowest BCUT2D eigenvalue weighted by atomic mass is 10.1. The van der Waals surface area contributed by atoms with E-state index in [1.807, 2.05) is 0 Å². The number of carbonyl (C=O) groups excluding carboxylic acids is 2. The van der Waals surface area contributed by atoms with E-state index in [4.69, 9.17) is 16.7 Å². The molecular weight excluding hydrogens is 212 g/mol. The van der Waals surface area contributed by atoms with Crippen molar-refractivity contribution in [3.8, 4) is 0 Å². The van der Waals surface area contributed by atoms with Crippen molar-refractivity contribution in [2.45, 2.75) is 38.3 Å². The second-order valence-electron chi connectivity index (χ2n) is 3.67. The quantitative estimate of drug-likeness (QED) is 0.187. The van der Waals surface area contributed by atoms with E-state index in [1.165, 1.54) is 6.92 Å². The first-order valence-corrected chi connectivity index (χ1v) is 5.17. The molecule has 7 N–H and O–H groups in total. The summed E-state index contributed by atoms with van der Waals surface area (Å²) in [5.74, 6) is 4.09. The van der Waals surface area contributed by atoms with Crippen LogP contribution in [0.5, 0.6) is 0 Å². The fraction of sp³-hybridized carbons (Fsp3) is 0.778. The molecule has 0 aliphatic heterocycles. The largest absolute Gasteiger partial charge is 0.393 e. The van der Waals surface area contributed by atoms with E-state index >= 15 is 0 Å². The summed E-state index contributed by atoms with van der Waals surface area (Å²) in [4.78, 5) is 22.3. The normalized spacial score (nSPS) is 14.2. The molecule has 0 fully saturated rings. The molecule has 16 heavy (non-hydrogen) atoms. The third-order valence-corrected chi connectivity index (χ3v) is 1.97. The summed E-state index contributed by atoms with van der Waals surface area (Å²) in [6, 6.07) is -0.709. The minimum atomic E-state index is -0.737. The standard InChI is InChI=1S/C9H20N4O3/c1-6(14)5-8(15)13-7(9(10)16)3-2-4-12-11/h6-7,12,14H,2-5,11H2,1H3,(H2,10,16)(H,13,15)/t6-,7+/m1/s1. The number of hydrogen-bond donors (Lipinski definition) is 5. The molecule has 0 aromatic rings. The molecule has 0 heterocycles. The molecule has 0 saturated carbocycles. The topological polar surface area (TPSA) is 130 Å². The number of nitrogens with two attached hydrogens (primary N) is 2. The number of amides is 2. The van der Waals surface area contributed by atoms with Gasteiger partial charge in [-0.15, -0.1) is 0 Å². The predicted octanol–water partition coefficient (Wildman–Crippen LogP) is -2.03. The van der Waals surface area contributed by atoms with Gasteiger partial charge in [0.2, 0.25) is 11.8 Å². The highest BCUT2D eigenvalue weighted by Crippen LogP contribution is 1.98. The van der Waals surface area contributed by atoms with Gasteiger partial charge in [0.15, 0.2) is 0 Å². The molecule has 0 aliphatic rings. The zero-order valence-electron chi connectivity index (χ0n) is 9.40. The zero-order chi connectivity index (χ0) is 12.6. The van der Waals surface area contributed by atoms with Crippen LogP contribution in [-0.2, 0) is 9.59 Å². The minimum Gasteiger partial charge on any atom is -0.393 e. The van der Waals surface area contributed by atoms with Gasteiger partial charge in [-0.3, -0.25) is 20.9 Å². The lowest BCUT2D eigenvalue weighted by Gasteiger charge is -2.15. The Morgan fingerprint density at radius 3 is 2.50 bits per heavy atom. The molecule has 7 heteroatoms. The van der Waals surface area contributed by atoms with Crippen molar-refractivity contribution in [3.63, 3.8) is 0 Å². The van der Waals surface area contributed by atoms with Crippen LogP contribution in [0.15, 0.2) is 0 Å². The second-order valence-corrected chi connectivity index (χ2v) is 3.67. The summed E-state index contributed by atoms with van der Waals surface area (Å²) >= 11 is 0. The van der Waals surface area contributed by atoms with Crippen molar-refractivity contribution >= 4 is 11.8 Å². The van der Waals surface area contributed by atoms with Crippen LogP contribution in [0.3, 0.4) is 0 Å². The van der Waals surface area contributed by atoms with Gasteiger partial charge < -0.3 is 16.2 Å². The maximum atomic E-state index is 11.3. The lowest BCUT2D eigenvalue weighted by Crippen LogP contribution is -2.45. The van der Waals surface area contributed by atoms with E-state index < -0.39 is 18.1 Å². The number of hydrazine groups is 1. The number of aliphatic hydroxyl groups excluding tert-OH is 1. The Morgan fingerprint density at radius 2 is 2.06 bits per heavy atom. The number of hydrogen-bond acceptors (Lipinski definition) is 5. The molecule has 0 aromatic carbocycles. The van der Waals surface area contributed by atoms with Crippen LogP contribution in [-0.4, -0.2) is 35.6 Å². The fourth-order valence-electron chi connectivity index (χ4n) is 1.22. The highest BCUT2D eigenvalue weighted by atomic mass is 16.3. The first-order chi connectivity index (χ1) is 7.47. The molecule has 0 rings (SSSR count). The summed E-state index contributed by atoms with van der Waals surface area (Å²) in [6.07, 6.45) is 0.266. The highest BCUT2D eigenvalue weighted by molar-refractivity contribution is 5.86. The van der Waals surface area contributed by atoms with Gasteiger partial charge in [-0.2, -0.15) is 0 Å². The van der Waals surface area contributed by atoms with Crippen molar-refractivity contribution in [2.24, 2.45) is 11.6 Å². The van der Waals surface area contributed by atoms with Crippen LogP contribution in [0.1, 0.15) is 26.2 Å². The Balaban J connectivity index is 4.02. The highest BCUT2D eigenvalue weighted by Gasteiger charge is 2.18. The van der Waals surface area contributed by atoms with Crippen molar-refractivity contribution in [1.82, 2.24) is 10.7 Å². The third-order valence-electron chi connectivity index (χ3n) is 1.97. The zero-order valence-corrected chi connectivity index (χ0v) is 9.40. The third kappa shape index (κ3) is 7.16.